The van der Waals surface area contributed by atoms with Gasteiger partial charge in [0.1, 0.15) is 21.7 Å². The van der Waals surface area contributed by atoms with Gasteiger partial charge in [-0.1, -0.05) is 6.07 Å². The molecule has 3 heterocycles. The number of sulfonamides is 1. The summed E-state index contributed by atoms with van der Waals surface area (Å²) in [5.74, 6) is 0.526. The Hall–Kier alpha value is -2.07. The summed E-state index contributed by atoms with van der Waals surface area (Å²) in [4.78, 5) is 0.141. The van der Waals surface area contributed by atoms with Crippen molar-refractivity contribution >= 4 is 44.1 Å². The van der Waals surface area contributed by atoms with E-state index in [-0.39, 0.29) is 17.4 Å². The summed E-state index contributed by atoms with van der Waals surface area (Å²) < 4.78 is 42.0. The van der Waals surface area contributed by atoms with Crippen LogP contribution in [0.15, 0.2) is 62.7 Å². The molecule has 3 aromatic heterocycles. The van der Waals surface area contributed by atoms with Gasteiger partial charge in [0.25, 0.3) is 0 Å². The Bertz CT molecular complexity index is 1040. The predicted molar refractivity (Wildman–Crippen MR) is 97.5 cm³/mol. The van der Waals surface area contributed by atoms with E-state index in [2.05, 4.69) is 13.5 Å². The molecule has 4 rings (SSSR count). The lowest BCUT2D eigenvalue weighted by Gasteiger charge is -2.15. The third-order valence-electron chi connectivity index (χ3n) is 3.85. The number of hydrogen-bond donors (Lipinski definition) is 1. The van der Waals surface area contributed by atoms with Crippen LogP contribution in [-0.2, 0) is 10.0 Å². The molecule has 0 radical (unpaired) electrons. The van der Waals surface area contributed by atoms with Crippen LogP contribution in [0.5, 0.6) is 0 Å². The summed E-state index contributed by atoms with van der Waals surface area (Å²) in [6, 6.07) is 10.6. The first-order valence-electron chi connectivity index (χ1n) is 7.41. The quantitative estimate of drug-likeness (QED) is 0.544. The molecular formula is C16H13N3O3S3. The number of fused-ring (bicyclic) bond motifs is 1. The van der Waals surface area contributed by atoms with Crippen LogP contribution in [0, 0.1) is 0 Å². The predicted octanol–water partition coefficient (Wildman–Crippen LogP) is 3.46. The molecule has 25 heavy (non-hydrogen) atoms. The second-order valence-electron chi connectivity index (χ2n) is 5.36. The summed E-state index contributed by atoms with van der Waals surface area (Å²) in [7, 11) is -3.72. The van der Waals surface area contributed by atoms with Crippen molar-refractivity contribution in [3.05, 3.63) is 64.7 Å². The van der Waals surface area contributed by atoms with E-state index in [1.54, 1.807) is 41.9 Å². The van der Waals surface area contributed by atoms with Crippen LogP contribution < -0.4 is 4.72 Å². The Morgan fingerprint density at radius 1 is 1.16 bits per heavy atom. The van der Waals surface area contributed by atoms with Crippen molar-refractivity contribution in [2.45, 2.75) is 10.8 Å². The number of benzene rings is 1. The van der Waals surface area contributed by atoms with E-state index in [4.69, 9.17) is 4.42 Å². The van der Waals surface area contributed by atoms with Crippen LogP contribution in [0.25, 0.3) is 11.0 Å². The highest BCUT2D eigenvalue weighted by Crippen LogP contribution is 2.27. The van der Waals surface area contributed by atoms with Crippen molar-refractivity contribution in [3.8, 4) is 0 Å². The molecule has 128 valence electrons. The molecular weight excluding hydrogens is 378 g/mol. The first-order valence-corrected chi connectivity index (χ1v) is 10.6. The summed E-state index contributed by atoms with van der Waals surface area (Å²) in [6.07, 6.45) is 1.59. The maximum absolute atomic E-state index is 12.8. The number of thiophene rings is 1. The monoisotopic (exact) mass is 391 g/mol. The van der Waals surface area contributed by atoms with Gasteiger partial charge >= 0.3 is 0 Å². The van der Waals surface area contributed by atoms with Crippen LogP contribution >= 0.6 is 23.1 Å². The van der Waals surface area contributed by atoms with Crippen LogP contribution in [0.2, 0.25) is 0 Å². The zero-order chi connectivity index (χ0) is 17.3. The molecule has 0 saturated heterocycles. The Kier molecular flexibility index (Phi) is 4.38. The van der Waals surface area contributed by atoms with Crippen molar-refractivity contribution in [1.82, 2.24) is 13.5 Å². The minimum Gasteiger partial charge on any atom is -0.469 e. The summed E-state index contributed by atoms with van der Waals surface area (Å²) in [5, 5.41) is 3.95. The lowest BCUT2D eigenvalue weighted by molar-refractivity contribution is 0.481. The Morgan fingerprint density at radius 2 is 2.08 bits per heavy atom. The first-order chi connectivity index (χ1) is 12.1. The third-order valence-corrected chi connectivity index (χ3v) is 6.55. The average Bonchev–Trinajstić information content (AvgIpc) is 3.36. The van der Waals surface area contributed by atoms with Gasteiger partial charge in [-0.25, -0.2) is 13.1 Å². The minimum atomic E-state index is -3.72. The zero-order valence-electron chi connectivity index (χ0n) is 12.8. The van der Waals surface area contributed by atoms with E-state index in [9.17, 15) is 8.42 Å². The Labute approximate surface area is 152 Å². The topological polar surface area (TPSA) is 85.1 Å². The van der Waals surface area contributed by atoms with Gasteiger partial charge in [-0.15, -0.1) is 0 Å². The second-order valence-corrected chi connectivity index (χ2v) is 8.41. The molecule has 6 nitrogen and oxygen atoms in total. The minimum absolute atomic E-state index is 0.141. The molecule has 0 aliphatic rings. The summed E-state index contributed by atoms with van der Waals surface area (Å²) in [5.41, 5.74) is 1.98. The molecule has 4 aromatic rings. The van der Waals surface area contributed by atoms with Gasteiger partial charge in [0.05, 0.1) is 23.9 Å². The van der Waals surface area contributed by atoms with E-state index in [0.717, 1.165) is 23.1 Å². The molecule has 9 heteroatoms. The van der Waals surface area contributed by atoms with Crippen LogP contribution in [0.1, 0.15) is 17.2 Å². The van der Waals surface area contributed by atoms with Crippen molar-refractivity contribution in [2.75, 3.05) is 6.54 Å². The van der Waals surface area contributed by atoms with Gasteiger partial charge in [-0.2, -0.15) is 20.1 Å². The third kappa shape index (κ3) is 3.23. The SMILES string of the molecule is O=S(=O)(NCC(c1ccsc1)c1ccco1)c1cccc2nsnc12. The lowest BCUT2D eigenvalue weighted by atomic mass is 10.00. The van der Waals surface area contributed by atoms with Crippen molar-refractivity contribution in [3.63, 3.8) is 0 Å². The molecule has 0 spiro atoms. The van der Waals surface area contributed by atoms with Crippen molar-refractivity contribution < 1.29 is 12.8 Å². The molecule has 1 atom stereocenters. The average molecular weight is 391 g/mol. The maximum atomic E-state index is 12.8. The molecule has 0 saturated carbocycles. The van der Waals surface area contributed by atoms with Gasteiger partial charge in [0.15, 0.2) is 0 Å². The molecule has 0 aliphatic carbocycles. The molecule has 0 aliphatic heterocycles. The van der Waals surface area contributed by atoms with Crippen LogP contribution in [0.3, 0.4) is 0 Å². The van der Waals surface area contributed by atoms with Crippen LogP contribution in [0.4, 0.5) is 0 Å². The van der Waals surface area contributed by atoms with Gasteiger partial charge < -0.3 is 4.42 Å². The number of hydrogen-bond acceptors (Lipinski definition) is 7. The van der Waals surface area contributed by atoms with E-state index >= 15 is 0 Å². The number of aromatic nitrogens is 2. The standard InChI is InChI=1S/C16H13N3O3S3/c20-25(21,15-5-1-3-13-16(15)19-24-18-13)17-9-12(11-6-8-23-10-11)14-4-2-7-22-14/h1-8,10,12,17H,9H2. The number of nitrogens with zero attached hydrogens (tertiary/aromatic N) is 2. The van der Waals surface area contributed by atoms with Gasteiger partial charge in [0, 0.05) is 6.54 Å². The largest absolute Gasteiger partial charge is 0.469 e. The van der Waals surface area contributed by atoms with E-state index < -0.39 is 10.0 Å². The molecule has 0 bridgehead atoms. The Morgan fingerprint density at radius 3 is 2.84 bits per heavy atom. The number of rotatable bonds is 6. The summed E-state index contributed by atoms with van der Waals surface area (Å²) in [6.45, 7) is 0.195. The van der Waals surface area contributed by atoms with Gasteiger partial charge in [-0.05, 0) is 46.7 Å². The number of furan rings is 1. The van der Waals surface area contributed by atoms with E-state index in [1.165, 1.54) is 0 Å². The highest BCUT2D eigenvalue weighted by atomic mass is 32.2. The smallest absolute Gasteiger partial charge is 0.242 e. The fourth-order valence-electron chi connectivity index (χ4n) is 2.61. The van der Waals surface area contributed by atoms with E-state index in [0.29, 0.717) is 11.0 Å². The van der Waals surface area contributed by atoms with E-state index in [1.807, 2.05) is 22.9 Å². The fourth-order valence-corrected chi connectivity index (χ4v) is 5.14. The van der Waals surface area contributed by atoms with Crippen molar-refractivity contribution in [2.24, 2.45) is 0 Å². The van der Waals surface area contributed by atoms with Crippen LogP contribution in [-0.4, -0.2) is 23.7 Å². The Balaban J connectivity index is 1.63. The second kappa shape index (κ2) is 6.68. The maximum Gasteiger partial charge on any atom is 0.242 e. The molecule has 1 aromatic carbocycles. The fraction of sp³-hybridized carbons (Fsp3) is 0.125. The van der Waals surface area contributed by atoms with Gasteiger partial charge in [-0.3, -0.25) is 0 Å². The zero-order valence-corrected chi connectivity index (χ0v) is 15.3. The first kappa shape index (κ1) is 16.4. The highest BCUT2D eigenvalue weighted by Gasteiger charge is 2.24. The summed E-state index contributed by atoms with van der Waals surface area (Å²) >= 11 is 2.56. The lowest BCUT2D eigenvalue weighted by Crippen LogP contribution is -2.29. The normalized spacial score (nSPS) is 13.3. The van der Waals surface area contributed by atoms with Crippen molar-refractivity contribution in [1.29, 1.82) is 0 Å². The number of nitrogens with one attached hydrogen (secondary N) is 1. The van der Waals surface area contributed by atoms with Gasteiger partial charge in [0.2, 0.25) is 10.0 Å². The molecule has 1 N–H and O–H groups in total. The molecule has 0 amide bonds. The molecule has 0 fully saturated rings. The molecule has 1 unspecified atom stereocenters. The highest BCUT2D eigenvalue weighted by molar-refractivity contribution is 7.89.